The highest BCUT2D eigenvalue weighted by atomic mass is 32.2. The van der Waals surface area contributed by atoms with E-state index in [1.54, 1.807) is 18.4 Å². The van der Waals surface area contributed by atoms with Gasteiger partial charge >= 0.3 is 0 Å². The molecule has 1 fully saturated rings. The van der Waals surface area contributed by atoms with Crippen LogP contribution in [0.5, 0.6) is 0 Å². The van der Waals surface area contributed by atoms with E-state index in [4.69, 9.17) is 4.42 Å². The van der Waals surface area contributed by atoms with Crippen LogP contribution >= 0.6 is 0 Å². The first-order valence-electron chi connectivity index (χ1n) is 7.59. The molecule has 2 heterocycles. The molecule has 1 aromatic heterocycles. The van der Waals surface area contributed by atoms with Gasteiger partial charge in [-0.2, -0.15) is 0 Å². The standard InChI is InChI=1S/C15H25NO4S/c1-21(18,19)11-9-16-8-4-2-3-6-13(16)12-14(17)15-7-5-10-20-15/h5,7,10,13-14,17H,2-4,6,8-9,11-12H2,1H3/t13-,14-/m1/s1. The predicted octanol–water partition coefficient (Wildman–Crippen LogP) is 1.99. The van der Waals surface area contributed by atoms with Crippen molar-refractivity contribution in [3.63, 3.8) is 0 Å². The maximum atomic E-state index is 11.4. The second-order valence-electron chi connectivity index (χ2n) is 5.94. The number of likely N-dealkylation sites (tertiary alicyclic amines) is 1. The molecule has 0 spiro atoms. The summed E-state index contributed by atoms with van der Waals surface area (Å²) in [7, 11) is -2.95. The predicted molar refractivity (Wildman–Crippen MR) is 81.8 cm³/mol. The van der Waals surface area contributed by atoms with E-state index in [2.05, 4.69) is 4.90 Å². The van der Waals surface area contributed by atoms with Gasteiger partial charge in [-0.1, -0.05) is 12.8 Å². The molecule has 2 atom stereocenters. The fraction of sp³-hybridized carbons (Fsp3) is 0.733. The minimum absolute atomic E-state index is 0.181. The zero-order valence-corrected chi connectivity index (χ0v) is 13.4. The maximum Gasteiger partial charge on any atom is 0.148 e. The van der Waals surface area contributed by atoms with E-state index in [1.807, 2.05) is 0 Å². The number of furan rings is 1. The molecular formula is C15H25NO4S. The maximum absolute atomic E-state index is 11.4. The van der Waals surface area contributed by atoms with Crippen LogP contribution in [0.1, 0.15) is 44.0 Å². The molecule has 5 nitrogen and oxygen atoms in total. The van der Waals surface area contributed by atoms with E-state index < -0.39 is 15.9 Å². The first-order chi connectivity index (χ1) is 9.96. The molecule has 2 rings (SSSR count). The van der Waals surface area contributed by atoms with Gasteiger partial charge in [-0.05, 0) is 37.9 Å². The van der Waals surface area contributed by atoms with Gasteiger partial charge in [0.2, 0.25) is 0 Å². The van der Waals surface area contributed by atoms with Gasteiger partial charge in [0.1, 0.15) is 21.7 Å². The van der Waals surface area contributed by atoms with Gasteiger partial charge in [0, 0.05) is 18.8 Å². The van der Waals surface area contributed by atoms with Crippen molar-refractivity contribution in [2.75, 3.05) is 25.1 Å². The Morgan fingerprint density at radius 2 is 2.24 bits per heavy atom. The van der Waals surface area contributed by atoms with Crippen molar-refractivity contribution in [3.05, 3.63) is 24.2 Å². The lowest BCUT2D eigenvalue weighted by Crippen LogP contribution is -2.39. The summed E-state index contributed by atoms with van der Waals surface area (Å²) in [4.78, 5) is 2.22. The third kappa shape index (κ3) is 5.45. The normalized spacial score (nSPS) is 22.9. The largest absolute Gasteiger partial charge is 0.467 e. The quantitative estimate of drug-likeness (QED) is 0.869. The number of rotatable bonds is 6. The molecule has 21 heavy (non-hydrogen) atoms. The first-order valence-corrected chi connectivity index (χ1v) is 9.65. The fourth-order valence-electron chi connectivity index (χ4n) is 2.94. The summed E-state index contributed by atoms with van der Waals surface area (Å²) in [6, 6.07) is 3.77. The van der Waals surface area contributed by atoms with Crippen molar-refractivity contribution in [3.8, 4) is 0 Å². The van der Waals surface area contributed by atoms with Crippen molar-refractivity contribution in [1.29, 1.82) is 0 Å². The Morgan fingerprint density at radius 1 is 1.43 bits per heavy atom. The summed E-state index contributed by atoms with van der Waals surface area (Å²) in [6.07, 6.45) is 7.21. The summed E-state index contributed by atoms with van der Waals surface area (Å²) < 4.78 is 28.0. The molecule has 1 N–H and O–H groups in total. The van der Waals surface area contributed by atoms with Crippen LogP contribution in [0.2, 0.25) is 0 Å². The Kier molecular flexibility index (Phi) is 5.84. The van der Waals surface area contributed by atoms with Crippen molar-refractivity contribution in [1.82, 2.24) is 4.90 Å². The van der Waals surface area contributed by atoms with Crippen LogP contribution in [0.25, 0.3) is 0 Å². The Hall–Kier alpha value is -0.850. The van der Waals surface area contributed by atoms with Crippen molar-refractivity contribution < 1.29 is 17.9 Å². The van der Waals surface area contributed by atoms with Crippen LogP contribution in [-0.4, -0.2) is 49.6 Å². The highest BCUT2D eigenvalue weighted by molar-refractivity contribution is 7.90. The van der Waals surface area contributed by atoms with Gasteiger partial charge in [-0.25, -0.2) is 8.42 Å². The molecule has 0 bridgehead atoms. The van der Waals surface area contributed by atoms with Crippen LogP contribution in [0, 0.1) is 0 Å². The van der Waals surface area contributed by atoms with E-state index in [0.717, 1.165) is 25.8 Å². The molecule has 0 radical (unpaired) electrons. The molecule has 6 heteroatoms. The molecule has 120 valence electrons. The van der Waals surface area contributed by atoms with E-state index in [0.29, 0.717) is 18.7 Å². The highest BCUT2D eigenvalue weighted by Crippen LogP contribution is 2.26. The number of hydrogen-bond acceptors (Lipinski definition) is 5. The fourth-order valence-corrected chi connectivity index (χ4v) is 3.50. The van der Waals surface area contributed by atoms with E-state index in [9.17, 15) is 13.5 Å². The summed E-state index contributed by atoms with van der Waals surface area (Å²) >= 11 is 0. The average Bonchev–Trinajstić information content (AvgIpc) is 2.85. The lowest BCUT2D eigenvalue weighted by atomic mass is 10.0. The van der Waals surface area contributed by atoms with Crippen molar-refractivity contribution in [2.24, 2.45) is 0 Å². The minimum atomic E-state index is -2.95. The van der Waals surface area contributed by atoms with Crippen LogP contribution in [0.3, 0.4) is 0 Å². The lowest BCUT2D eigenvalue weighted by molar-refractivity contribution is 0.0889. The smallest absolute Gasteiger partial charge is 0.148 e. The zero-order chi connectivity index (χ0) is 15.3. The summed E-state index contributed by atoms with van der Waals surface area (Å²) in [5.41, 5.74) is 0. The number of hydrogen-bond donors (Lipinski definition) is 1. The highest BCUT2D eigenvalue weighted by Gasteiger charge is 2.25. The van der Waals surface area contributed by atoms with E-state index in [1.165, 1.54) is 12.7 Å². The molecule has 1 aromatic rings. The SMILES string of the molecule is CS(=O)(=O)CCN1CCCCC[C@@H]1C[C@@H](O)c1ccco1. The molecule has 1 saturated heterocycles. The zero-order valence-electron chi connectivity index (χ0n) is 12.6. The molecule has 0 aliphatic carbocycles. The Morgan fingerprint density at radius 3 is 2.90 bits per heavy atom. The van der Waals surface area contributed by atoms with Crippen molar-refractivity contribution >= 4 is 9.84 Å². The van der Waals surface area contributed by atoms with Gasteiger partial charge in [0.25, 0.3) is 0 Å². The second kappa shape index (κ2) is 7.42. The average molecular weight is 315 g/mol. The van der Waals surface area contributed by atoms with Crippen LogP contribution in [0.15, 0.2) is 22.8 Å². The van der Waals surface area contributed by atoms with Crippen molar-refractivity contribution in [2.45, 2.75) is 44.2 Å². The van der Waals surface area contributed by atoms with Crippen LogP contribution in [0.4, 0.5) is 0 Å². The third-order valence-corrected chi connectivity index (χ3v) is 5.04. The molecule has 0 amide bonds. The van der Waals surface area contributed by atoms with Gasteiger partial charge in [-0.15, -0.1) is 0 Å². The molecular weight excluding hydrogens is 290 g/mol. The number of nitrogens with zero attached hydrogens (tertiary/aromatic N) is 1. The topological polar surface area (TPSA) is 70.8 Å². The molecule has 1 aliphatic heterocycles. The number of aliphatic hydroxyl groups excluding tert-OH is 1. The second-order valence-corrected chi connectivity index (χ2v) is 8.20. The van der Waals surface area contributed by atoms with Gasteiger partial charge in [0.15, 0.2) is 0 Å². The molecule has 0 aromatic carbocycles. The Bertz CT molecular complexity index is 512. The summed E-state index contributed by atoms with van der Waals surface area (Å²) in [5.74, 6) is 0.766. The number of aliphatic hydroxyl groups is 1. The summed E-state index contributed by atoms with van der Waals surface area (Å²) in [6.45, 7) is 1.46. The summed E-state index contributed by atoms with van der Waals surface area (Å²) in [5, 5.41) is 10.3. The lowest BCUT2D eigenvalue weighted by Gasteiger charge is -2.30. The molecule has 1 aliphatic rings. The number of sulfone groups is 1. The van der Waals surface area contributed by atoms with E-state index in [-0.39, 0.29) is 11.8 Å². The monoisotopic (exact) mass is 315 g/mol. The molecule has 0 saturated carbocycles. The Labute approximate surface area is 126 Å². The van der Waals surface area contributed by atoms with Gasteiger partial charge in [-0.3, -0.25) is 4.90 Å². The molecule has 0 unspecified atom stereocenters. The first kappa shape index (κ1) is 16.5. The third-order valence-electron chi connectivity index (χ3n) is 4.12. The van der Waals surface area contributed by atoms with Crippen LogP contribution in [-0.2, 0) is 9.84 Å². The van der Waals surface area contributed by atoms with E-state index >= 15 is 0 Å². The Balaban J connectivity index is 1.98. The van der Waals surface area contributed by atoms with Gasteiger partial charge < -0.3 is 9.52 Å². The minimum Gasteiger partial charge on any atom is -0.467 e. The van der Waals surface area contributed by atoms with Crippen LogP contribution < -0.4 is 0 Å². The van der Waals surface area contributed by atoms with Gasteiger partial charge in [0.05, 0.1) is 12.0 Å².